The highest BCUT2D eigenvalue weighted by molar-refractivity contribution is 7.89. The Morgan fingerprint density at radius 3 is 2.50 bits per heavy atom. The number of nitrogens with one attached hydrogen (secondary N) is 1. The van der Waals surface area contributed by atoms with E-state index in [4.69, 9.17) is 5.11 Å². The lowest BCUT2D eigenvalue weighted by Crippen LogP contribution is -2.34. The smallest absolute Gasteiger partial charge is 0.304 e. The highest BCUT2D eigenvalue weighted by atomic mass is 32.2. The number of halogens is 2. The van der Waals surface area contributed by atoms with E-state index in [2.05, 4.69) is 4.72 Å². The van der Waals surface area contributed by atoms with Crippen LogP contribution >= 0.6 is 0 Å². The van der Waals surface area contributed by atoms with E-state index in [0.717, 1.165) is 6.07 Å². The summed E-state index contributed by atoms with van der Waals surface area (Å²) in [6, 6.07) is 1.26. The van der Waals surface area contributed by atoms with Gasteiger partial charge in [-0.25, -0.2) is 21.9 Å². The summed E-state index contributed by atoms with van der Waals surface area (Å²) in [7, 11) is -4.06. The van der Waals surface area contributed by atoms with Gasteiger partial charge in [-0.1, -0.05) is 0 Å². The number of aliphatic carboxylic acids is 1. The molecule has 0 amide bonds. The minimum atomic E-state index is -4.06. The van der Waals surface area contributed by atoms with Crippen molar-refractivity contribution in [1.82, 2.24) is 4.72 Å². The van der Waals surface area contributed by atoms with E-state index in [0.29, 0.717) is 12.1 Å². The standard InChI is InChI=1S/C10H11F2NO4S/c1-6(4-10(14)15)13-18(16,17)7-2-3-8(11)9(12)5-7/h2-3,5-6,13H,4H2,1H3,(H,14,15). The Balaban J connectivity index is 2.92. The quantitative estimate of drug-likeness (QED) is 0.845. The monoisotopic (exact) mass is 279 g/mol. The Morgan fingerprint density at radius 2 is 2.00 bits per heavy atom. The summed E-state index contributed by atoms with van der Waals surface area (Å²) in [6.45, 7) is 1.35. The van der Waals surface area contributed by atoms with E-state index in [9.17, 15) is 22.0 Å². The van der Waals surface area contributed by atoms with Gasteiger partial charge in [0.25, 0.3) is 0 Å². The Kier molecular flexibility index (Phi) is 4.36. The van der Waals surface area contributed by atoms with Gasteiger partial charge in [-0.2, -0.15) is 0 Å². The highest BCUT2D eigenvalue weighted by Gasteiger charge is 2.20. The average molecular weight is 279 g/mol. The molecule has 0 heterocycles. The van der Waals surface area contributed by atoms with Gasteiger partial charge < -0.3 is 5.11 Å². The fourth-order valence-electron chi connectivity index (χ4n) is 1.28. The van der Waals surface area contributed by atoms with E-state index in [1.807, 2.05) is 0 Å². The third-order valence-corrected chi connectivity index (χ3v) is 3.63. The summed E-state index contributed by atoms with van der Waals surface area (Å²) in [5, 5.41) is 8.49. The molecule has 0 spiro atoms. The molecule has 1 unspecified atom stereocenters. The number of rotatable bonds is 5. The summed E-state index contributed by atoms with van der Waals surface area (Å²) >= 11 is 0. The third-order valence-electron chi connectivity index (χ3n) is 2.04. The molecule has 8 heteroatoms. The summed E-state index contributed by atoms with van der Waals surface area (Å²) in [5.41, 5.74) is 0. The lowest BCUT2D eigenvalue weighted by molar-refractivity contribution is -0.137. The second kappa shape index (κ2) is 5.40. The predicted octanol–water partition coefficient (Wildman–Crippen LogP) is 1.11. The van der Waals surface area contributed by atoms with Crippen LogP contribution in [0.3, 0.4) is 0 Å². The zero-order chi connectivity index (χ0) is 13.9. The Morgan fingerprint density at radius 1 is 1.39 bits per heavy atom. The van der Waals surface area contributed by atoms with Crippen molar-refractivity contribution in [3.63, 3.8) is 0 Å². The molecule has 18 heavy (non-hydrogen) atoms. The van der Waals surface area contributed by atoms with Crippen LogP contribution in [0.1, 0.15) is 13.3 Å². The maximum atomic E-state index is 12.9. The first-order valence-electron chi connectivity index (χ1n) is 4.91. The van der Waals surface area contributed by atoms with Gasteiger partial charge >= 0.3 is 5.97 Å². The molecule has 2 N–H and O–H groups in total. The predicted molar refractivity (Wildman–Crippen MR) is 58.4 cm³/mol. The van der Waals surface area contributed by atoms with Crippen molar-refractivity contribution in [1.29, 1.82) is 0 Å². The van der Waals surface area contributed by atoms with Gasteiger partial charge in [0.15, 0.2) is 11.6 Å². The minimum Gasteiger partial charge on any atom is -0.481 e. The van der Waals surface area contributed by atoms with Crippen LogP contribution in [0.5, 0.6) is 0 Å². The van der Waals surface area contributed by atoms with E-state index < -0.39 is 45.0 Å². The van der Waals surface area contributed by atoms with Crippen LogP contribution in [-0.2, 0) is 14.8 Å². The lowest BCUT2D eigenvalue weighted by Gasteiger charge is -2.12. The molecular weight excluding hydrogens is 268 g/mol. The number of hydrogen-bond acceptors (Lipinski definition) is 3. The van der Waals surface area contributed by atoms with Gasteiger partial charge in [0.2, 0.25) is 10.0 Å². The fraction of sp³-hybridized carbons (Fsp3) is 0.300. The van der Waals surface area contributed by atoms with Crippen molar-refractivity contribution in [2.75, 3.05) is 0 Å². The number of hydrogen-bond donors (Lipinski definition) is 2. The van der Waals surface area contributed by atoms with E-state index in [1.54, 1.807) is 0 Å². The van der Waals surface area contributed by atoms with Crippen molar-refractivity contribution in [2.24, 2.45) is 0 Å². The molecule has 0 aliphatic heterocycles. The zero-order valence-corrected chi connectivity index (χ0v) is 10.2. The maximum Gasteiger partial charge on any atom is 0.304 e. The Hall–Kier alpha value is -1.54. The molecule has 5 nitrogen and oxygen atoms in total. The molecule has 0 aromatic heterocycles. The average Bonchev–Trinajstić information content (AvgIpc) is 2.19. The van der Waals surface area contributed by atoms with Gasteiger partial charge in [-0.05, 0) is 25.1 Å². The number of benzene rings is 1. The van der Waals surface area contributed by atoms with Crippen molar-refractivity contribution in [3.05, 3.63) is 29.8 Å². The topological polar surface area (TPSA) is 83.5 Å². The molecule has 0 aliphatic rings. The summed E-state index contributed by atoms with van der Waals surface area (Å²) in [5.74, 6) is -3.62. The molecule has 0 aliphatic carbocycles. The molecule has 1 aromatic carbocycles. The second-order valence-corrected chi connectivity index (χ2v) is 5.41. The van der Waals surface area contributed by atoms with Crippen LogP contribution in [0.25, 0.3) is 0 Å². The van der Waals surface area contributed by atoms with Crippen LogP contribution < -0.4 is 4.72 Å². The Bertz CT molecular complexity index is 559. The number of carbonyl (C=O) groups is 1. The lowest BCUT2D eigenvalue weighted by atomic mass is 10.3. The number of carboxylic acid groups (broad SMARTS) is 1. The van der Waals surface area contributed by atoms with Gasteiger partial charge in [0, 0.05) is 6.04 Å². The zero-order valence-electron chi connectivity index (χ0n) is 9.35. The van der Waals surface area contributed by atoms with Gasteiger partial charge in [0.1, 0.15) is 0 Å². The normalized spacial score (nSPS) is 13.3. The van der Waals surface area contributed by atoms with Crippen molar-refractivity contribution in [2.45, 2.75) is 24.3 Å². The number of carboxylic acids is 1. The molecule has 1 rings (SSSR count). The molecule has 1 atom stereocenters. The molecule has 0 bridgehead atoms. The summed E-state index contributed by atoms with van der Waals surface area (Å²) in [4.78, 5) is 9.93. The van der Waals surface area contributed by atoms with Gasteiger partial charge in [-0.15, -0.1) is 0 Å². The minimum absolute atomic E-state index is 0.414. The van der Waals surface area contributed by atoms with Crippen LogP contribution in [-0.4, -0.2) is 25.5 Å². The fourth-order valence-corrected chi connectivity index (χ4v) is 2.54. The van der Waals surface area contributed by atoms with E-state index >= 15 is 0 Å². The van der Waals surface area contributed by atoms with Crippen LogP contribution in [0.15, 0.2) is 23.1 Å². The summed E-state index contributed by atoms with van der Waals surface area (Å²) in [6.07, 6.45) is -0.414. The molecule has 1 aromatic rings. The van der Waals surface area contributed by atoms with Crippen LogP contribution in [0, 0.1) is 11.6 Å². The Labute approximate surface area is 102 Å². The molecule has 0 radical (unpaired) electrons. The number of sulfonamides is 1. The first-order chi connectivity index (χ1) is 8.22. The molecule has 0 saturated heterocycles. The van der Waals surface area contributed by atoms with Crippen molar-refractivity contribution < 1.29 is 27.1 Å². The maximum absolute atomic E-state index is 12.9. The molecule has 100 valence electrons. The van der Waals surface area contributed by atoms with Crippen LogP contribution in [0.2, 0.25) is 0 Å². The summed E-state index contributed by atoms with van der Waals surface area (Å²) < 4.78 is 51.0. The first kappa shape index (κ1) is 14.5. The van der Waals surface area contributed by atoms with Crippen molar-refractivity contribution >= 4 is 16.0 Å². The van der Waals surface area contributed by atoms with Crippen LogP contribution in [0.4, 0.5) is 8.78 Å². The molecule has 0 saturated carbocycles. The van der Waals surface area contributed by atoms with Gasteiger partial charge in [-0.3, -0.25) is 4.79 Å². The van der Waals surface area contributed by atoms with Crippen molar-refractivity contribution in [3.8, 4) is 0 Å². The third kappa shape index (κ3) is 3.74. The largest absolute Gasteiger partial charge is 0.481 e. The molecular formula is C10H11F2NO4S. The molecule has 0 fully saturated rings. The highest BCUT2D eigenvalue weighted by Crippen LogP contribution is 2.14. The van der Waals surface area contributed by atoms with E-state index in [-0.39, 0.29) is 0 Å². The first-order valence-corrected chi connectivity index (χ1v) is 6.40. The van der Waals surface area contributed by atoms with E-state index in [1.165, 1.54) is 6.92 Å². The second-order valence-electron chi connectivity index (χ2n) is 3.70. The SMILES string of the molecule is CC(CC(=O)O)NS(=O)(=O)c1ccc(F)c(F)c1. The van der Waals surface area contributed by atoms with Gasteiger partial charge in [0.05, 0.1) is 11.3 Å².